The van der Waals surface area contributed by atoms with Crippen molar-refractivity contribution in [3.63, 3.8) is 0 Å². The molecule has 1 saturated carbocycles. The molecule has 0 radical (unpaired) electrons. The lowest BCUT2D eigenvalue weighted by Crippen LogP contribution is -2.50. The molecule has 26 heavy (non-hydrogen) atoms. The van der Waals surface area contributed by atoms with Gasteiger partial charge in [-0.05, 0) is 43.2 Å². The van der Waals surface area contributed by atoms with Crippen LogP contribution in [0.15, 0.2) is 18.2 Å². The van der Waals surface area contributed by atoms with Gasteiger partial charge in [0.05, 0.1) is 10.0 Å². The van der Waals surface area contributed by atoms with E-state index in [0.717, 1.165) is 37.8 Å². The molecule has 1 aliphatic carbocycles. The fourth-order valence-electron chi connectivity index (χ4n) is 3.79. The summed E-state index contributed by atoms with van der Waals surface area (Å²) in [6, 6.07) is 5.65. The number of rotatable bonds is 6. The number of nitrogens with one attached hydrogen (secondary N) is 1. The molecule has 3 atom stereocenters. The molecule has 3 unspecified atom stereocenters. The third-order valence-corrected chi connectivity index (χ3v) is 6.14. The first-order valence-corrected chi connectivity index (χ1v) is 9.99. The van der Waals surface area contributed by atoms with E-state index in [1.807, 2.05) is 17.0 Å². The zero-order valence-electron chi connectivity index (χ0n) is 14.7. The third-order valence-electron chi connectivity index (χ3n) is 5.31. The molecule has 2 fully saturated rings. The van der Waals surface area contributed by atoms with Gasteiger partial charge in [-0.25, -0.2) is 0 Å². The number of carbonyl (C=O) groups excluding carboxylic acids is 2. The van der Waals surface area contributed by atoms with Crippen molar-refractivity contribution in [1.29, 1.82) is 0 Å². The van der Waals surface area contributed by atoms with Crippen LogP contribution in [0.5, 0.6) is 0 Å². The molecule has 5 nitrogen and oxygen atoms in total. The van der Waals surface area contributed by atoms with Crippen LogP contribution >= 0.6 is 23.2 Å². The lowest BCUT2D eigenvalue weighted by molar-refractivity contribution is -0.137. The van der Waals surface area contributed by atoms with Gasteiger partial charge in [0.1, 0.15) is 0 Å². The first-order valence-electron chi connectivity index (χ1n) is 9.24. The van der Waals surface area contributed by atoms with Crippen LogP contribution in [0.25, 0.3) is 0 Å². The van der Waals surface area contributed by atoms with Gasteiger partial charge < -0.3 is 16.0 Å². The number of benzene rings is 1. The molecule has 0 aromatic heterocycles. The van der Waals surface area contributed by atoms with Crippen molar-refractivity contribution in [1.82, 2.24) is 10.2 Å². The van der Waals surface area contributed by atoms with Crippen molar-refractivity contribution in [3.8, 4) is 0 Å². The second-order valence-corrected chi connectivity index (χ2v) is 7.90. The van der Waals surface area contributed by atoms with E-state index in [1.165, 1.54) is 0 Å². The summed E-state index contributed by atoms with van der Waals surface area (Å²) < 4.78 is 0. The summed E-state index contributed by atoms with van der Waals surface area (Å²) in [7, 11) is 0. The molecule has 3 N–H and O–H groups in total. The monoisotopic (exact) mass is 397 g/mol. The molecule has 1 aromatic carbocycles. The molecule has 1 saturated heterocycles. The molecule has 142 valence electrons. The standard InChI is InChI=1S/C19H25Cl2N3O2/c20-16-6-3-5-13(18(16)21)14-10-15(14)19(26)24-9-2-1-4-12(24)11-23-17(25)7-8-22/h3,5-6,12,14-15H,1-2,4,7-11,22H2,(H,23,25). The summed E-state index contributed by atoms with van der Waals surface area (Å²) in [5.74, 6) is 0.221. The fourth-order valence-corrected chi connectivity index (χ4v) is 4.23. The van der Waals surface area contributed by atoms with Gasteiger partial charge in [0.2, 0.25) is 11.8 Å². The molecular weight excluding hydrogens is 373 g/mol. The highest BCUT2D eigenvalue weighted by Gasteiger charge is 2.48. The second kappa shape index (κ2) is 8.59. The van der Waals surface area contributed by atoms with E-state index < -0.39 is 0 Å². The Hall–Kier alpha value is -1.30. The Morgan fingerprint density at radius 3 is 2.85 bits per heavy atom. The molecule has 1 aliphatic heterocycles. The van der Waals surface area contributed by atoms with Crippen LogP contribution in [0.2, 0.25) is 10.0 Å². The largest absolute Gasteiger partial charge is 0.354 e. The summed E-state index contributed by atoms with van der Waals surface area (Å²) in [5, 5.41) is 3.99. The molecule has 2 amide bonds. The molecule has 1 heterocycles. The summed E-state index contributed by atoms with van der Waals surface area (Å²) in [4.78, 5) is 26.7. The van der Waals surface area contributed by atoms with Crippen molar-refractivity contribution < 1.29 is 9.59 Å². The Kier molecular flexibility index (Phi) is 6.43. The molecule has 0 bridgehead atoms. The Morgan fingerprint density at radius 2 is 2.08 bits per heavy atom. The number of piperidine rings is 1. The van der Waals surface area contributed by atoms with Crippen molar-refractivity contribution >= 4 is 35.0 Å². The van der Waals surface area contributed by atoms with Crippen molar-refractivity contribution in [2.24, 2.45) is 11.7 Å². The first kappa shape index (κ1) is 19.5. The normalized spacial score (nSPS) is 25.0. The lowest BCUT2D eigenvalue weighted by atomic mass is 10.0. The van der Waals surface area contributed by atoms with Crippen LogP contribution in [0.3, 0.4) is 0 Å². The highest BCUT2D eigenvalue weighted by molar-refractivity contribution is 6.42. The van der Waals surface area contributed by atoms with Crippen LogP contribution in [-0.4, -0.2) is 42.4 Å². The van der Waals surface area contributed by atoms with Crippen molar-refractivity contribution in [2.45, 2.75) is 44.1 Å². The minimum Gasteiger partial charge on any atom is -0.354 e. The number of nitrogens with zero attached hydrogens (tertiary/aromatic N) is 1. The average Bonchev–Trinajstić information content (AvgIpc) is 3.43. The van der Waals surface area contributed by atoms with Crippen LogP contribution < -0.4 is 11.1 Å². The number of nitrogens with two attached hydrogens (primary N) is 1. The van der Waals surface area contributed by atoms with E-state index in [0.29, 0.717) is 29.6 Å². The van der Waals surface area contributed by atoms with E-state index >= 15 is 0 Å². The topological polar surface area (TPSA) is 75.4 Å². The lowest BCUT2D eigenvalue weighted by Gasteiger charge is -2.36. The van der Waals surface area contributed by atoms with Gasteiger partial charge in [0, 0.05) is 38.0 Å². The summed E-state index contributed by atoms with van der Waals surface area (Å²) in [6.45, 7) is 1.59. The van der Waals surface area contributed by atoms with E-state index in [2.05, 4.69) is 5.32 Å². The maximum atomic E-state index is 13.0. The third kappa shape index (κ3) is 4.33. The Balaban J connectivity index is 1.62. The summed E-state index contributed by atoms with van der Waals surface area (Å²) in [6.07, 6.45) is 4.13. The van der Waals surface area contributed by atoms with Crippen molar-refractivity contribution in [2.75, 3.05) is 19.6 Å². The highest BCUT2D eigenvalue weighted by atomic mass is 35.5. The molecule has 1 aromatic rings. The van der Waals surface area contributed by atoms with E-state index in [4.69, 9.17) is 28.9 Å². The summed E-state index contributed by atoms with van der Waals surface area (Å²) >= 11 is 12.4. The Labute approximate surface area is 164 Å². The fraction of sp³-hybridized carbons (Fsp3) is 0.579. The van der Waals surface area contributed by atoms with Crippen molar-refractivity contribution in [3.05, 3.63) is 33.8 Å². The zero-order chi connectivity index (χ0) is 18.7. The van der Waals surface area contributed by atoms with Gasteiger partial charge in [-0.15, -0.1) is 0 Å². The first-order chi connectivity index (χ1) is 12.5. The average molecular weight is 398 g/mol. The predicted octanol–water partition coefficient (Wildman–Crippen LogP) is 2.94. The SMILES string of the molecule is NCCC(=O)NCC1CCCCN1C(=O)C1CC1c1cccc(Cl)c1Cl. The number of hydrogen-bond acceptors (Lipinski definition) is 3. The Bertz CT molecular complexity index is 683. The Morgan fingerprint density at radius 1 is 1.27 bits per heavy atom. The summed E-state index contributed by atoms with van der Waals surface area (Å²) in [5.41, 5.74) is 6.37. The number of amides is 2. The van der Waals surface area contributed by atoms with Gasteiger partial charge in [-0.3, -0.25) is 9.59 Å². The number of hydrogen-bond donors (Lipinski definition) is 2. The zero-order valence-corrected chi connectivity index (χ0v) is 16.2. The minimum atomic E-state index is -0.0551. The van der Waals surface area contributed by atoms with Gasteiger partial charge in [-0.1, -0.05) is 35.3 Å². The van der Waals surface area contributed by atoms with E-state index in [1.54, 1.807) is 6.07 Å². The number of likely N-dealkylation sites (tertiary alicyclic amines) is 1. The number of carbonyl (C=O) groups is 2. The van der Waals surface area contributed by atoms with E-state index in [9.17, 15) is 9.59 Å². The predicted molar refractivity (Wildman–Crippen MR) is 103 cm³/mol. The van der Waals surface area contributed by atoms with Crippen LogP contribution in [0.4, 0.5) is 0 Å². The van der Waals surface area contributed by atoms with Gasteiger partial charge in [0.25, 0.3) is 0 Å². The smallest absolute Gasteiger partial charge is 0.226 e. The highest BCUT2D eigenvalue weighted by Crippen LogP contribution is 2.51. The molecule has 2 aliphatic rings. The molecule has 3 rings (SSSR count). The quantitative estimate of drug-likeness (QED) is 0.774. The van der Waals surface area contributed by atoms with E-state index in [-0.39, 0.29) is 29.7 Å². The van der Waals surface area contributed by atoms with Gasteiger partial charge in [-0.2, -0.15) is 0 Å². The molecular formula is C19H25Cl2N3O2. The minimum absolute atomic E-state index is 0.0358. The maximum Gasteiger partial charge on any atom is 0.226 e. The maximum absolute atomic E-state index is 13.0. The van der Waals surface area contributed by atoms with Gasteiger partial charge >= 0.3 is 0 Å². The van der Waals surface area contributed by atoms with Gasteiger partial charge in [0.15, 0.2) is 0 Å². The van der Waals surface area contributed by atoms with Crippen LogP contribution in [0, 0.1) is 5.92 Å². The number of halogens is 2. The van der Waals surface area contributed by atoms with Crippen LogP contribution in [0.1, 0.15) is 43.6 Å². The molecule has 0 spiro atoms. The van der Waals surface area contributed by atoms with Crippen LogP contribution in [-0.2, 0) is 9.59 Å². The second-order valence-electron chi connectivity index (χ2n) is 7.12. The molecule has 7 heteroatoms.